The lowest BCUT2D eigenvalue weighted by atomic mass is 9.72. The van der Waals surface area contributed by atoms with E-state index in [2.05, 4.69) is 0 Å². The molecular weight excluding hydrogens is 302 g/mol. The summed E-state index contributed by atoms with van der Waals surface area (Å²) in [5.74, 6) is -0.822. The zero-order valence-electron chi connectivity index (χ0n) is 13.7. The van der Waals surface area contributed by atoms with Gasteiger partial charge in [-0.1, -0.05) is 48.5 Å². The molecule has 1 N–H and O–H groups in total. The average molecular weight is 323 g/mol. The van der Waals surface area contributed by atoms with Crippen molar-refractivity contribution in [2.45, 2.75) is 25.2 Å². The number of benzene rings is 2. The van der Waals surface area contributed by atoms with E-state index in [4.69, 9.17) is 0 Å². The summed E-state index contributed by atoms with van der Waals surface area (Å²) in [4.78, 5) is 26.5. The molecule has 0 radical (unpaired) electrons. The molecule has 24 heavy (non-hydrogen) atoms. The summed E-state index contributed by atoms with van der Waals surface area (Å²) >= 11 is 0. The highest BCUT2D eigenvalue weighted by Crippen LogP contribution is 2.36. The number of hydrogen-bond donors (Lipinski definition) is 1. The Labute approximate surface area is 141 Å². The van der Waals surface area contributed by atoms with E-state index in [1.165, 1.54) is 0 Å². The third-order valence-electron chi connectivity index (χ3n) is 5.02. The van der Waals surface area contributed by atoms with E-state index in [1.807, 2.05) is 61.5 Å². The predicted octanol–water partition coefficient (Wildman–Crippen LogP) is 3.25. The first-order chi connectivity index (χ1) is 11.5. The van der Waals surface area contributed by atoms with Gasteiger partial charge in [0.1, 0.15) is 0 Å². The van der Waals surface area contributed by atoms with Crippen LogP contribution in [0.2, 0.25) is 0 Å². The van der Waals surface area contributed by atoms with Gasteiger partial charge in [-0.3, -0.25) is 9.59 Å². The van der Waals surface area contributed by atoms with E-state index >= 15 is 0 Å². The Balaban J connectivity index is 1.80. The molecule has 2 aromatic rings. The number of carbonyl (C=O) groups is 2. The third-order valence-corrected chi connectivity index (χ3v) is 5.02. The van der Waals surface area contributed by atoms with Crippen molar-refractivity contribution < 1.29 is 14.7 Å². The van der Waals surface area contributed by atoms with Gasteiger partial charge >= 0.3 is 5.97 Å². The minimum absolute atomic E-state index is 0.0137. The van der Waals surface area contributed by atoms with E-state index in [0.29, 0.717) is 31.5 Å². The fourth-order valence-electron chi connectivity index (χ4n) is 3.46. The second-order valence-corrected chi connectivity index (χ2v) is 6.36. The summed E-state index contributed by atoms with van der Waals surface area (Å²) in [6, 6.07) is 16.9. The van der Waals surface area contributed by atoms with Crippen molar-refractivity contribution in [2.75, 3.05) is 13.1 Å². The first-order valence-electron chi connectivity index (χ1n) is 8.18. The Hall–Kier alpha value is -2.62. The maximum atomic E-state index is 12.7. The largest absolute Gasteiger partial charge is 0.481 e. The number of carbonyl (C=O) groups excluding carboxylic acids is 1. The molecule has 1 aliphatic rings. The van der Waals surface area contributed by atoms with Crippen LogP contribution < -0.4 is 0 Å². The molecule has 0 atom stereocenters. The Morgan fingerprint density at radius 3 is 2.12 bits per heavy atom. The first kappa shape index (κ1) is 16.2. The summed E-state index contributed by atoms with van der Waals surface area (Å²) in [5, 5.41) is 9.82. The molecule has 0 saturated carbocycles. The molecule has 3 rings (SSSR count). The Morgan fingerprint density at radius 2 is 1.54 bits per heavy atom. The maximum Gasteiger partial charge on any atom is 0.314 e. The molecule has 2 aromatic carbocycles. The highest BCUT2D eigenvalue weighted by molar-refractivity contribution is 5.96. The van der Waals surface area contributed by atoms with Crippen LogP contribution in [0.15, 0.2) is 54.6 Å². The van der Waals surface area contributed by atoms with Crippen molar-refractivity contribution >= 4 is 11.9 Å². The lowest BCUT2D eigenvalue weighted by Gasteiger charge is -2.39. The Kier molecular flexibility index (Phi) is 4.38. The fourth-order valence-corrected chi connectivity index (χ4v) is 3.46. The second-order valence-electron chi connectivity index (χ2n) is 6.36. The van der Waals surface area contributed by atoms with Crippen molar-refractivity contribution in [1.82, 2.24) is 4.90 Å². The van der Waals surface area contributed by atoms with Crippen molar-refractivity contribution in [3.63, 3.8) is 0 Å². The van der Waals surface area contributed by atoms with Crippen molar-refractivity contribution in [3.05, 3.63) is 71.3 Å². The summed E-state index contributed by atoms with van der Waals surface area (Å²) in [6.07, 6.45) is 0.869. The summed E-state index contributed by atoms with van der Waals surface area (Å²) in [6.45, 7) is 2.82. The SMILES string of the molecule is Cc1ccccc1C(=O)N1CCC(C(=O)O)(c2ccccc2)CC1. The first-order valence-corrected chi connectivity index (χ1v) is 8.18. The van der Waals surface area contributed by atoms with Gasteiger partial charge in [-0.25, -0.2) is 0 Å². The number of carboxylic acids is 1. The van der Waals surface area contributed by atoms with Gasteiger partial charge in [0.05, 0.1) is 5.41 Å². The van der Waals surface area contributed by atoms with Gasteiger partial charge < -0.3 is 10.0 Å². The number of rotatable bonds is 3. The maximum absolute atomic E-state index is 12.7. The van der Waals surface area contributed by atoms with Gasteiger partial charge in [0, 0.05) is 18.7 Å². The number of aryl methyl sites for hydroxylation is 1. The van der Waals surface area contributed by atoms with Crippen LogP contribution in [0.3, 0.4) is 0 Å². The van der Waals surface area contributed by atoms with Crippen LogP contribution in [0.5, 0.6) is 0 Å². The van der Waals surface area contributed by atoms with Crippen LogP contribution >= 0.6 is 0 Å². The molecule has 1 saturated heterocycles. The number of carboxylic acid groups (broad SMARTS) is 1. The standard InChI is InChI=1S/C20H21NO3/c1-15-7-5-6-10-17(15)18(22)21-13-11-20(12-14-21,19(23)24)16-8-3-2-4-9-16/h2-10H,11-14H2,1H3,(H,23,24). The monoisotopic (exact) mass is 323 g/mol. The van der Waals surface area contributed by atoms with Crippen LogP contribution in [0, 0.1) is 6.92 Å². The Morgan fingerprint density at radius 1 is 0.958 bits per heavy atom. The van der Waals surface area contributed by atoms with Crippen LogP contribution in [0.25, 0.3) is 0 Å². The molecule has 124 valence electrons. The number of piperidine rings is 1. The molecule has 1 amide bonds. The van der Waals surface area contributed by atoms with Gasteiger partial charge in [0.15, 0.2) is 0 Å². The van der Waals surface area contributed by atoms with Crippen LogP contribution in [-0.2, 0) is 10.2 Å². The third kappa shape index (κ3) is 2.80. The number of amides is 1. The minimum atomic E-state index is -0.899. The van der Waals surface area contributed by atoms with Crippen LogP contribution in [0.1, 0.15) is 34.3 Å². The molecule has 0 unspecified atom stereocenters. The highest BCUT2D eigenvalue weighted by atomic mass is 16.4. The molecule has 4 nitrogen and oxygen atoms in total. The van der Waals surface area contributed by atoms with E-state index in [1.54, 1.807) is 4.90 Å². The summed E-state index contributed by atoms with van der Waals surface area (Å²) < 4.78 is 0. The molecule has 0 aromatic heterocycles. The number of hydrogen-bond acceptors (Lipinski definition) is 2. The normalized spacial score (nSPS) is 16.6. The summed E-state index contributed by atoms with van der Waals surface area (Å²) in [7, 11) is 0. The van der Waals surface area contributed by atoms with E-state index in [0.717, 1.165) is 11.1 Å². The van der Waals surface area contributed by atoms with E-state index in [9.17, 15) is 14.7 Å². The number of aliphatic carboxylic acids is 1. The average Bonchev–Trinajstić information content (AvgIpc) is 2.62. The van der Waals surface area contributed by atoms with Crippen LogP contribution in [-0.4, -0.2) is 35.0 Å². The van der Waals surface area contributed by atoms with E-state index < -0.39 is 11.4 Å². The molecule has 0 aliphatic carbocycles. The molecule has 1 fully saturated rings. The second kappa shape index (κ2) is 6.48. The lowest BCUT2D eigenvalue weighted by Crippen LogP contribution is -2.49. The van der Waals surface area contributed by atoms with Crippen molar-refractivity contribution in [1.29, 1.82) is 0 Å². The van der Waals surface area contributed by atoms with Gasteiger partial charge in [-0.05, 0) is 37.0 Å². The zero-order chi connectivity index (χ0) is 17.2. The van der Waals surface area contributed by atoms with Crippen molar-refractivity contribution in [3.8, 4) is 0 Å². The van der Waals surface area contributed by atoms with Gasteiger partial charge in [-0.2, -0.15) is 0 Å². The predicted molar refractivity (Wildman–Crippen MR) is 92.1 cm³/mol. The van der Waals surface area contributed by atoms with E-state index in [-0.39, 0.29) is 5.91 Å². The van der Waals surface area contributed by atoms with Gasteiger partial charge in [0.25, 0.3) is 5.91 Å². The fraction of sp³-hybridized carbons (Fsp3) is 0.300. The summed E-state index contributed by atoms with van der Waals surface area (Å²) in [5.41, 5.74) is 1.56. The zero-order valence-corrected chi connectivity index (χ0v) is 13.7. The quantitative estimate of drug-likeness (QED) is 0.943. The van der Waals surface area contributed by atoms with Gasteiger partial charge in [0.2, 0.25) is 0 Å². The molecule has 4 heteroatoms. The molecule has 0 spiro atoms. The smallest absolute Gasteiger partial charge is 0.314 e. The molecule has 1 heterocycles. The molecular formula is C20H21NO3. The van der Waals surface area contributed by atoms with Crippen LogP contribution in [0.4, 0.5) is 0 Å². The lowest BCUT2D eigenvalue weighted by molar-refractivity contribution is -0.145. The minimum Gasteiger partial charge on any atom is -0.481 e. The molecule has 0 bridgehead atoms. The van der Waals surface area contributed by atoms with Gasteiger partial charge in [-0.15, -0.1) is 0 Å². The number of nitrogens with zero attached hydrogens (tertiary/aromatic N) is 1. The number of likely N-dealkylation sites (tertiary alicyclic amines) is 1. The Bertz CT molecular complexity index is 746. The molecule has 1 aliphatic heterocycles. The topological polar surface area (TPSA) is 57.6 Å². The van der Waals surface area contributed by atoms with Crippen molar-refractivity contribution in [2.24, 2.45) is 0 Å². The highest BCUT2D eigenvalue weighted by Gasteiger charge is 2.43.